The fourth-order valence-electron chi connectivity index (χ4n) is 8.31. The van der Waals surface area contributed by atoms with Crippen molar-refractivity contribution in [1.29, 1.82) is 0 Å². The average molecular weight is 564 g/mol. The molecule has 2 bridgehead atoms. The number of aromatic amines is 1. The fraction of sp³-hybridized carbons (Fsp3) is 0.457. The Morgan fingerprint density at radius 2 is 1.64 bits per heavy atom. The zero-order valence-corrected chi connectivity index (χ0v) is 24.8. The van der Waals surface area contributed by atoms with E-state index in [9.17, 15) is 9.59 Å². The summed E-state index contributed by atoms with van der Waals surface area (Å²) in [6.45, 7) is 6.42. The highest BCUT2D eigenvalue weighted by molar-refractivity contribution is 5.94. The predicted molar refractivity (Wildman–Crippen MR) is 166 cm³/mol. The van der Waals surface area contributed by atoms with Gasteiger partial charge in [-0.1, -0.05) is 42.5 Å². The average Bonchev–Trinajstić information content (AvgIpc) is 3.46. The zero-order valence-electron chi connectivity index (χ0n) is 24.8. The van der Waals surface area contributed by atoms with E-state index in [0.29, 0.717) is 31.2 Å². The van der Waals surface area contributed by atoms with Gasteiger partial charge in [-0.15, -0.1) is 0 Å². The molecule has 3 fully saturated rings. The van der Waals surface area contributed by atoms with Crippen LogP contribution in [0.5, 0.6) is 0 Å². The number of hydrogen-bond donors (Lipinski definition) is 1. The molecule has 1 N–H and O–H groups in total. The van der Waals surface area contributed by atoms with Crippen LogP contribution in [0.2, 0.25) is 0 Å². The van der Waals surface area contributed by atoms with Crippen LogP contribution in [0.4, 0.5) is 0 Å². The fourth-order valence-corrected chi connectivity index (χ4v) is 8.31. The number of aryl methyl sites for hydroxylation is 2. The summed E-state index contributed by atoms with van der Waals surface area (Å²) < 4.78 is 2.51. The van der Waals surface area contributed by atoms with Gasteiger partial charge in [-0.05, 0) is 88.4 Å². The van der Waals surface area contributed by atoms with Crippen molar-refractivity contribution in [3.05, 3.63) is 99.7 Å². The molecule has 2 aromatic heterocycles. The van der Waals surface area contributed by atoms with Crippen molar-refractivity contribution < 1.29 is 4.79 Å². The largest absolute Gasteiger partial charge is 0.364 e. The first-order valence-electron chi connectivity index (χ1n) is 15.7. The number of carbonyl (C=O) groups excluding carboxylic acids is 1. The minimum Gasteiger partial charge on any atom is -0.364 e. The molecule has 0 aliphatic carbocycles. The Hall–Kier alpha value is -3.71. The van der Waals surface area contributed by atoms with Crippen molar-refractivity contribution in [1.82, 2.24) is 24.3 Å². The molecule has 0 radical (unpaired) electrons. The Balaban J connectivity index is 1.07. The van der Waals surface area contributed by atoms with Crippen molar-refractivity contribution in [3.8, 4) is 0 Å². The number of imidazole rings is 1. The molecule has 4 aromatic rings. The van der Waals surface area contributed by atoms with Crippen LogP contribution >= 0.6 is 0 Å². The minimum absolute atomic E-state index is 0.0329. The lowest BCUT2D eigenvalue weighted by molar-refractivity contribution is 0.0605. The Bertz CT molecular complexity index is 1630. The first-order chi connectivity index (χ1) is 20.4. The zero-order chi connectivity index (χ0) is 28.8. The molecule has 7 heteroatoms. The Morgan fingerprint density at radius 1 is 0.952 bits per heavy atom. The van der Waals surface area contributed by atoms with Crippen molar-refractivity contribution in [3.63, 3.8) is 0 Å². The number of piperidine rings is 2. The van der Waals surface area contributed by atoms with Crippen molar-refractivity contribution in [2.24, 2.45) is 0 Å². The lowest BCUT2D eigenvalue weighted by atomic mass is 9.70. The number of likely N-dealkylation sites (tertiary alicyclic amines) is 1. The van der Waals surface area contributed by atoms with E-state index in [4.69, 9.17) is 4.98 Å². The summed E-state index contributed by atoms with van der Waals surface area (Å²) in [6.07, 6.45) is 9.42. The van der Waals surface area contributed by atoms with E-state index >= 15 is 0 Å². The van der Waals surface area contributed by atoms with E-state index < -0.39 is 0 Å². The summed E-state index contributed by atoms with van der Waals surface area (Å²) in [5, 5.41) is 0. The van der Waals surface area contributed by atoms with E-state index in [2.05, 4.69) is 76.0 Å². The summed E-state index contributed by atoms with van der Waals surface area (Å²) in [7, 11) is 0. The second-order valence-electron chi connectivity index (χ2n) is 12.8. The molecular formula is C35H41N5O2. The summed E-state index contributed by atoms with van der Waals surface area (Å²) in [5.41, 5.74) is 4.60. The Morgan fingerprint density at radius 3 is 2.36 bits per heavy atom. The van der Waals surface area contributed by atoms with Gasteiger partial charge in [0.05, 0.1) is 11.0 Å². The smallest absolute Gasteiger partial charge is 0.259 e. The molecule has 5 heterocycles. The molecule has 7 nitrogen and oxygen atoms in total. The van der Waals surface area contributed by atoms with Gasteiger partial charge in [-0.3, -0.25) is 14.5 Å². The maximum absolute atomic E-state index is 13.3. The molecule has 3 aliphatic rings. The van der Waals surface area contributed by atoms with Crippen molar-refractivity contribution >= 4 is 16.9 Å². The second-order valence-corrected chi connectivity index (χ2v) is 12.8. The van der Waals surface area contributed by atoms with Crippen LogP contribution in [0.3, 0.4) is 0 Å². The molecule has 42 heavy (non-hydrogen) atoms. The third kappa shape index (κ3) is 4.77. The maximum atomic E-state index is 13.3. The van der Waals surface area contributed by atoms with Crippen molar-refractivity contribution in [2.75, 3.05) is 19.6 Å². The highest BCUT2D eigenvalue weighted by Gasteiger charge is 2.44. The first-order valence-corrected chi connectivity index (χ1v) is 15.7. The van der Waals surface area contributed by atoms with Crippen LogP contribution in [0, 0.1) is 13.8 Å². The van der Waals surface area contributed by atoms with Gasteiger partial charge >= 0.3 is 0 Å². The van der Waals surface area contributed by atoms with Crippen LogP contribution < -0.4 is 5.43 Å². The first kappa shape index (κ1) is 27.1. The molecule has 1 amide bonds. The monoisotopic (exact) mass is 563 g/mol. The summed E-state index contributed by atoms with van der Waals surface area (Å²) >= 11 is 0. The molecule has 218 valence electrons. The number of benzene rings is 2. The van der Waals surface area contributed by atoms with Crippen LogP contribution in [-0.2, 0) is 5.41 Å². The number of amides is 1. The quantitative estimate of drug-likeness (QED) is 0.323. The third-order valence-corrected chi connectivity index (χ3v) is 10.5. The Labute approximate surface area is 247 Å². The number of rotatable bonds is 6. The normalized spacial score (nSPS) is 23.9. The topological polar surface area (TPSA) is 74.2 Å². The molecular weight excluding hydrogens is 522 g/mol. The number of pyridine rings is 1. The molecule has 3 saturated heterocycles. The lowest BCUT2D eigenvalue weighted by Gasteiger charge is -2.45. The molecule has 0 spiro atoms. The molecule has 0 saturated carbocycles. The minimum atomic E-state index is -0.200. The molecule has 7 rings (SSSR count). The highest BCUT2D eigenvalue weighted by Crippen LogP contribution is 2.45. The molecule has 2 aromatic carbocycles. The standard InChI is InChI=1S/C35H41N5O2/c1-24-20-33(41)30(23-36-24)34(42)38-17-14-35(15-18-38,26-8-4-3-5-9-26)16-19-39-27-12-13-28(39)22-29(21-27)40-25(2)37-31-10-6-7-11-32(31)40/h3-11,20,23,27-29H,12-19,21-22H2,1-2H3,(H,36,41). The van der Waals surface area contributed by atoms with Gasteiger partial charge in [0.2, 0.25) is 0 Å². The maximum Gasteiger partial charge on any atom is 0.259 e. The predicted octanol–water partition coefficient (Wildman–Crippen LogP) is 5.77. The SMILES string of the molecule is Cc1cc(=O)c(C(=O)N2CCC(CCN3C4CCC3CC(n3c(C)nc5ccccc53)C4)(c3ccccc3)CC2)c[nH]1. The van der Waals surface area contributed by atoms with Gasteiger partial charge in [-0.25, -0.2) is 4.98 Å². The number of H-pyrrole nitrogens is 1. The van der Waals surface area contributed by atoms with Gasteiger partial charge in [0.15, 0.2) is 5.43 Å². The second kappa shape index (κ2) is 10.8. The number of fused-ring (bicyclic) bond motifs is 3. The van der Waals surface area contributed by atoms with Gasteiger partial charge in [0, 0.05) is 49.2 Å². The van der Waals surface area contributed by atoms with Crippen molar-refractivity contribution in [2.45, 2.75) is 82.3 Å². The number of hydrogen-bond acceptors (Lipinski definition) is 4. The number of nitrogens with one attached hydrogen (secondary N) is 1. The lowest BCUT2D eigenvalue weighted by Crippen LogP contribution is -2.49. The summed E-state index contributed by atoms with van der Waals surface area (Å²) in [6, 6.07) is 22.7. The van der Waals surface area contributed by atoms with Crippen LogP contribution in [-0.4, -0.2) is 62.0 Å². The molecule has 2 atom stereocenters. The Kier molecular flexibility index (Phi) is 7.01. The van der Waals surface area contributed by atoms with E-state index in [0.717, 1.165) is 42.8 Å². The third-order valence-electron chi connectivity index (χ3n) is 10.5. The van der Waals surface area contributed by atoms with Gasteiger partial charge in [0.1, 0.15) is 11.4 Å². The van der Waals surface area contributed by atoms with E-state index in [-0.39, 0.29) is 22.3 Å². The van der Waals surface area contributed by atoms with Crippen LogP contribution in [0.15, 0.2) is 71.7 Å². The van der Waals surface area contributed by atoms with E-state index in [1.54, 1.807) is 6.20 Å². The summed E-state index contributed by atoms with van der Waals surface area (Å²) in [4.78, 5) is 38.4. The number of nitrogens with zero attached hydrogens (tertiary/aromatic N) is 4. The van der Waals surface area contributed by atoms with Crippen LogP contribution in [0.1, 0.15) is 78.4 Å². The molecule has 3 aliphatic heterocycles. The number of para-hydroxylation sites is 2. The highest BCUT2D eigenvalue weighted by atomic mass is 16.2. The number of carbonyl (C=O) groups is 1. The summed E-state index contributed by atoms with van der Waals surface area (Å²) in [5.74, 6) is 0.978. The van der Waals surface area contributed by atoms with Gasteiger partial charge in [-0.2, -0.15) is 0 Å². The van der Waals surface area contributed by atoms with Crippen LogP contribution in [0.25, 0.3) is 11.0 Å². The van der Waals surface area contributed by atoms with Gasteiger partial charge < -0.3 is 14.5 Å². The molecule has 2 unspecified atom stereocenters. The number of aromatic nitrogens is 3. The van der Waals surface area contributed by atoms with E-state index in [1.165, 1.54) is 42.8 Å². The van der Waals surface area contributed by atoms with Gasteiger partial charge in [0.25, 0.3) is 5.91 Å². The van der Waals surface area contributed by atoms with E-state index in [1.807, 2.05) is 11.8 Å².